The Bertz CT molecular complexity index is 480. The molecular formula is C15H22N2O3. The minimum atomic E-state index is -0.949. The number of hydrogen-bond acceptors (Lipinski definition) is 3. The van der Waals surface area contributed by atoms with Crippen LogP contribution in [0.4, 0.5) is 5.69 Å². The van der Waals surface area contributed by atoms with Crippen LogP contribution in [-0.4, -0.2) is 23.5 Å². The maximum Gasteiger partial charge on any atom is 0.313 e. The van der Waals surface area contributed by atoms with E-state index in [9.17, 15) is 9.59 Å². The largest absolute Gasteiger partial charge is 0.481 e. The van der Waals surface area contributed by atoms with Crippen molar-refractivity contribution in [2.75, 3.05) is 11.9 Å². The lowest BCUT2D eigenvalue weighted by Gasteiger charge is -2.20. The van der Waals surface area contributed by atoms with Gasteiger partial charge in [0.05, 0.1) is 5.41 Å². The molecule has 0 saturated heterocycles. The Morgan fingerprint density at radius 3 is 2.30 bits per heavy atom. The summed E-state index contributed by atoms with van der Waals surface area (Å²) in [5.41, 5.74) is 5.82. The number of anilines is 1. The molecule has 1 atom stereocenters. The van der Waals surface area contributed by atoms with E-state index < -0.39 is 11.4 Å². The highest BCUT2D eigenvalue weighted by atomic mass is 16.4. The molecule has 0 aliphatic carbocycles. The summed E-state index contributed by atoms with van der Waals surface area (Å²) in [6, 6.07) is 6.87. The van der Waals surface area contributed by atoms with Crippen molar-refractivity contribution in [3.05, 3.63) is 29.8 Å². The average molecular weight is 278 g/mol. The molecule has 0 bridgehead atoms. The molecule has 1 unspecified atom stereocenters. The number of nitrogens with two attached hydrogens (primary N) is 1. The molecule has 0 radical (unpaired) electrons. The van der Waals surface area contributed by atoms with Crippen LogP contribution >= 0.6 is 0 Å². The predicted octanol–water partition coefficient (Wildman–Crippen LogP) is 1.97. The summed E-state index contributed by atoms with van der Waals surface area (Å²) in [5, 5.41) is 12.0. The normalized spacial score (nSPS) is 12.8. The van der Waals surface area contributed by atoms with Gasteiger partial charge in [0.15, 0.2) is 0 Å². The van der Waals surface area contributed by atoms with Crippen LogP contribution in [0.15, 0.2) is 24.3 Å². The Hall–Kier alpha value is -1.88. The van der Waals surface area contributed by atoms with Crippen LogP contribution in [0.3, 0.4) is 0 Å². The van der Waals surface area contributed by atoms with Gasteiger partial charge in [-0.05, 0) is 44.5 Å². The van der Waals surface area contributed by atoms with Gasteiger partial charge in [-0.1, -0.05) is 19.1 Å². The molecule has 4 N–H and O–H groups in total. The fourth-order valence-electron chi connectivity index (χ4n) is 1.74. The van der Waals surface area contributed by atoms with E-state index in [1.54, 1.807) is 38.1 Å². The van der Waals surface area contributed by atoms with Crippen molar-refractivity contribution < 1.29 is 14.7 Å². The van der Waals surface area contributed by atoms with Gasteiger partial charge in [-0.3, -0.25) is 9.59 Å². The standard InChI is InChI=1S/C15H22N2O3/c1-10(8-9-16)13(18)17-12-6-4-11(5-7-12)15(2,3)14(19)20/h4-7,10H,8-9,16H2,1-3H3,(H,17,18)(H,19,20). The van der Waals surface area contributed by atoms with Crippen molar-refractivity contribution in [2.24, 2.45) is 11.7 Å². The lowest BCUT2D eigenvalue weighted by atomic mass is 9.85. The molecule has 0 saturated carbocycles. The van der Waals surface area contributed by atoms with E-state index in [-0.39, 0.29) is 11.8 Å². The SMILES string of the molecule is CC(CCN)C(=O)Nc1ccc(C(C)(C)C(=O)O)cc1. The highest BCUT2D eigenvalue weighted by Gasteiger charge is 2.29. The zero-order chi connectivity index (χ0) is 15.3. The van der Waals surface area contributed by atoms with Gasteiger partial charge in [0.25, 0.3) is 0 Å². The number of benzene rings is 1. The first kappa shape index (κ1) is 16.2. The number of amides is 1. The Kier molecular flexibility index (Phi) is 5.27. The predicted molar refractivity (Wildman–Crippen MR) is 78.6 cm³/mol. The molecule has 0 spiro atoms. The Labute approximate surface area is 119 Å². The lowest BCUT2D eigenvalue weighted by molar-refractivity contribution is -0.142. The number of carbonyl (C=O) groups is 2. The van der Waals surface area contributed by atoms with E-state index in [1.165, 1.54) is 0 Å². The molecule has 1 rings (SSSR count). The highest BCUT2D eigenvalue weighted by molar-refractivity contribution is 5.92. The van der Waals surface area contributed by atoms with Crippen molar-refractivity contribution >= 4 is 17.6 Å². The molecule has 5 nitrogen and oxygen atoms in total. The van der Waals surface area contributed by atoms with Gasteiger partial charge in [-0.2, -0.15) is 0 Å². The monoisotopic (exact) mass is 278 g/mol. The van der Waals surface area contributed by atoms with Crippen molar-refractivity contribution in [1.82, 2.24) is 0 Å². The topological polar surface area (TPSA) is 92.4 Å². The lowest BCUT2D eigenvalue weighted by Crippen LogP contribution is -2.28. The summed E-state index contributed by atoms with van der Waals surface area (Å²) in [5.74, 6) is -1.11. The Morgan fingerprint density at radius 1 is 1.30 bits per heavy atom. The third-order valence-electron chi connectivity index (χ3n) is 3.46. The number of rotatable bonds is 6. The molecule has 0 aromatic heterocycles. The molecule has 1 aromatic carbocycles. The molecule has 20 heavy (non-hydrogen) atoms. The van der Waals surface area contributed by atoms with E-state index in [0.29, 0.717) is 24.2 Å². The third-order valence-corrected chi connectivity index (χ3v) is 3.46. The molecule has 1 amide bonds. The summed E-state index contributed by atoms with van der Waals surface area (Å²) >= 11 is 0. The van der Waals surface area contributed by atoms with E-state index in [0.717, 1.165) is 0 Å². The average Bonchev–Trinajstić information content (AvgIpc) is 2.39. The number of hydrogen-bond donors (Lipinski definition) is 3. The van der Waals surface area contributed by atoms with Gasteiger partial charge in [-0.15, -0.1) is 0 Å². The summed E-state index contributed by atoms with van der Waals surface area (Å²) < 4.78 is 0. The minimum absolute atomic E-state index is 0.0827. The van der Waals surface area contributed by atoms with Crippen molar-refractivity contribution in [3.8, 4) is 0 Å². The smallest absolute Gasteiger partial charge is 0.313 e. The van der Waals surface area contributed by atoms with Gasteiger partial charge in [0.2, 0.25) is 5.91 Å². The van der Waals surface area contributed by atoms with Crippen LogP contribution in [0, 0.1) is 5.92 Å². The zero-order valence-electron chi connectivity index (χ0n) is 12.1. The number of carboxylic acids is 1. The molecule has 5 heteroatoms. The Morgan fingerprint density at radius 2 is 1.85 bits per heavy atom. The van der Waals surface area contributed by atoms with Crippen molar-refractivity contribution in [2.45, 2.75) is 32.6 Å². The van der Waals surface area contributed by atoms with Gasteiger partial charge < -0.3 is 16.2 Å². The van der Waals surface area contributed by atoms with Gasteiger partial charge in [0.1, 0.15) is 0 Å². The van der Waals surface area contributed by atoms with Gasteiger partial charge in [-0.25, -0.2) is 0 Å². The molecule has 0 aliphatic rings. The number of aliphatic carboxylic acids is 1. The molecule has 0 aliphatic heterocycles. The highest BCUT2D eigenvalue weighted by Crippen LogP contribution is 2.25. The quantitative estimate of drug-likeness (QED) is 0.741. The summed E-state index contributed by atoms with van der Waals surface area (Å²) in [6.45, 7) is 5.59. The summed E-state index contributed by atoms with van der Waals surface area (Å²) in [7, 11) is 0. The summed E-state index contributed by atoms with van der Waals surface area (Å²) in [6.07, 6.45) is 0.635. The van der Waals surface area contributed by atoms with Crippen LogP contribution in [-0.2, 0) is 15.0 Å². The summed E-state index contributed by atoms with van der Waals surface area (Å²) in [4.78, 5) is 23.0. The first-order valence-corrected chi connectivity index (χ1v) is 6.64. The molecule has 0 fully saturated rings. The van der Waals surface area contributed by atoms with Crippen LogP contribution in [0.25, 0.3) is 0 Å². The molecule has 1 aromatic rings. The zero-order valence-corrected chi connectivity index (χ0v) is 12.1. The first-order chi connectivity index (χ1) is 9.28. The fourth-order valence-corrected chi connectivity index (χ4v) is 1.74. The van der Waals surface area contributed by atoms with Crippen LogP contribution in [0.1, 0.15) is 32.8 Å². The second kappa shape index (κ2) is 6.52. The minimum Gasteiger partial charge on any atom is -0.481 e. The molecule has 110 valence electrons. The van der Waals surface area contributed by atoms with Crippen LogP contribution < -0.4 is 11.1 Å². The Balaban J connectivity index is 2.77. The van der Waals surface area contributed by atoms with Gasteiger partial charge >= 0.3 is 5.97 Å². The molecule has 0 heterocycles. The maximum atomic E-state index is 11.8. The van der Waals surface area contributed by atoms with Crippen molar-refractivity contribution in [1.29, 1.82) is 0 Å². The van der Waals surface area contributed by atoms with E-state index in [2.05, 4.69) is 5.32 Å². The number of carboxylic acid groups (broad SMARTS) is 1. The molecular weight excluding hydrogens is 256 g/mol. The third kappa shape index (κ3) is 3.81. The van der Waals surface area contributed by atoms with Crippen molar-refractivity contribution in [3.63, 3.8) is 0 Å². The van der Waals surface area contributed by atoms with E-state index in [1.807, 2.05) is 6.92 Å². The van der Waals surface area contributed by atoms with E-state index >= 15 is 0 Å². The van der Waals surface area contributed by atoms with Crippen LogP contribution in [0.5, 0.6) is 0 Å². The maximum absolute atomic E-state index is 11.8. The van der Waals surface area contributed by atoms with Gasteiger partial charge in [0, 0.05) is 11.6 Å². The van der Waals surface area contributed by atoms with E-state index in [4.69, 9.17) is 10.8 Å². The second-order valence-corrected chi connectivity index (χ2v) is 5.48. The second-order valence-electron chi connectivity index (χ2n) is 5.48. The van der Waals surface area contributed by atoms with Crippen LogP contribution in [0.2, 0.25) is 0 Å². The number of carbonyl (C=O) groups excluding carboxylic acids is 1. The first-order valence-electron chi connectivity index (χ1n) is 6.64. The number of nitrogens with one attached hydrogen (secondary N) is 1. The fraction of sp³-hybridized carbons (Fsp3) is 0.467.